The monoisotopic (exact) mass is 232 g/mol. The number of amidine groups is 1. The van der Waals surface area contributed by atoms with E-state index in [9.17, 15) is 4.79 Å². The lowest BCUT2D eigenvalue weighted by Crippen LogP contribution is -2.27. The fourth-order valence-electron chi connectivity index (χ4n) is 1.52. The Hall–Kier alpha value is -1.55. The second kappa shape index (κ2) is 4.53. The lowest BCUT2D eigenvalue weighted by Gasteiger charge is -2.13. The van der Waals surface area contributed by atoms with Gasteiger partial charge < -0.3 is 0 Å². The normalized spacial score (nSPS) is 18.6. The van der Waals surface area contributed by atoms with Crippen LogP contribution in [0, 0.1) is 5.41 Å². The third-order valence-corrected chi connectivity index (χ3v) is 3.40. The number of hydrogen-bond donors (Lipinski definition) is 1. The standard InChI is InChI=1S/C12H12N2OS/c1-2-10-11(15)14(12(13)16-10)8-9-6-4-3-5-7-9/h2-7,13H,8H2,1H3/b10-2-,13-12?. The van der Waals surface area contributed by atoms with Gasteiger partial charge in [0.05, 0.1) is 11.4 Å². The van der Waals surface area contributed by atoms with Crippen molar-refractivity contribution in [2.45, 2.75) is 13.5 Å². The first-order valence-corrected chi connectivity index (χ1v) is 5.82. The van der Waals surface area contributed by atoms with Crippen LogP contribution in [0.4, 0.5) is 0 Å². The van der Waals surface area contributed by atoms with Gasteiger partial charge in [-0.1, -0.05) is 36.4 Å². The highest BCUT2D eigenvalue weighted by atomic mass is 32.2. The number of allylic oxidation sites excluding steroid dienone is 1. The van der Waals surface area contributed by atoms with E-state index in [2.05, 4.69) is 0 Å². The third kappa shape index (κ3) is 2.02. The van der Waals surface area contributed by atoms with Gasteiger partial charge in [0.2, 0.25) is 0 Å². The van der Waals surface area contributed by atoms with Crippen molar-refractivity contribution in [3.63, 3.8) is 0 Å². The smallest absolute Gasteiger partial charge is 0.266 e. The zero-order valence-corrected chi connectivity index (χ0v) is 9.75. The van der Waals surface area contributed by atoms with Crippen LogP contribution in [-0.2, 0) is 11.3 Å². The van der Waals surface area contributed by atoms with E-state index in [0.29, 0.717) is 16.6 Å². The minimum Gasteiger partial charge on any atom is -0.282 e. The molecule has 82 valence electrons. The molecule has 16 heavy (non-hydrogen) atoms. The van der Waals surface area contributed by atoms with E-state index in [1.165, 1.54) is 16.7 Å². The molecule has 0 aromatic heterocycles. The number of carbonyl (C=O) groups excluding carboxylic acids is 1. The van der Waals surface area contributed by atoms with E-state index >= 15 is 0 Å². The van der Waals surface area contributed by atoms with Crippen molar-refractivity contribution in [1.29, 1.82) is 5.41 Å². The number of amides is 1. The summed E-state index contributed by atoms with van der Waals surface area (Å²) in [4.78, 5) is 14.0. The van der Waals surface area contributed by atoms with Crippen molar-refractivity contribution < 1.29 is 4.79 Å². The number of thioether (sulfide) groups is 1. The van der Waals surface area contributed by atoms with Crippen LogP contribution < -0.4 is 0 Å². The molecule has 0 saturated carbocycles. The number of rotatable bonds is 2. The largest absolute Gasteiger partial charge is 0.282 e. The molecule has 0 spiro atoms. The molecule has 1 aromatic rings. The number of carbonyl (C=O) groups is 1. The van der Waals surface area contributed by atoms with Crippen LogP contribution in [0.25, 0.3) is 0 Å². The molecule has 1 amide bonds. The molecule has 1 N–H and O–H groups in total. The van der Waals surface area contributed by atoms with E-state index in [4.69, 9.17) is 5.41 Å². The summed E-state index contributed by atoms with van der Waals surface area (Å²) in [6.45, 7) is 2.29. The number of benzene rings is 1. The SMILES string of the molecule is C/C=C1\SC(=N)N(Cc2ccccc2)C1=O. The molecule has 3 nitrogen and oxygen atoms in total. The van der Waals surface area contributed by atoms with Gasteiger partial charge in [-0.05, 0) is 24.2 Å². The summed E-state index contributed by atoms with van der Waals surface area (Å²) in [5.41, 5.74) is 1.04. The number of nitrogens with zero attached hydrogens (tertiary/aromatic N) is 1. The molecule has 0 aliphatic carbocycles. The Balaban J connectivity index is 2.17. The molecule has 1 aromatic carbocycles. The molecule has 1 heterocycles. The first-order valence-electron chi connectivity index (χ1n) is 5.01. The molecule has 0 unspecified atom stereocenters. The van der Waals surface area contributed by atoms with Gasteiger partial charge in [-0.15, -0.1) is 0 Å². The Morgan fingerprint density at radius 3 is 2.62 bits per heavy atom. The van der Waals surface area contributed by atoms with Crippen LogP contribution >= 0.6 is 11.8 Å². The van der Waals surface area contributed by atoms with E-state index in [1.54, 1.807) is 6.08 Å². The third-order valence-electron chi connectivity index (χ3n) is 2.35. The molecule has 4 heteroatoms. The summed E-state index contributed by atoms with van der Waals surface area (Å²) in [5, 5.41) is 8.05. The first kappa shape index (κ1) is 11.0. The topological polar surface area (TPSA) is 44.2 Å². The summed E-state index contributed by atoms with van der Waals surface area (Å²) >= 11 is 1.22. The van der Waals surface area contributed by atoms with Crippen LogP contribution in [0.3, 0.4) is 0 Å². The quantitative estimate of drug-likeness (QED) is 0.796. The number of hydrogen-bond acceptors (Lipinski definition) is 3. The fourth-order valence-corrected chi connectivity index (χ4v) is 2.30. The van der Waals surface area contributed by atoms with Crippen LogP contribution in [0.2, 0.25) is 0 Å². The zero-order valence-electron chi connectivity index (χ0n) is 8.93. The lowest BCUT2D eigenvalue weighted by atomic mass is 10.2. The summed E-state index contributed by atoms with van der Waals surface area (Å²) < 4.78 is 0. The Bertz CT molecular complexity index is 453. The molecule has 2 rings (SSSR count). The predicted octanol–water partition coefficient (Wildman–Crippen LogP) is 2.60. The molecule has 1 saturated heterocycles. The minimum atomic E-state index is -0.0682. The Kier molecular flexibility index (Phi) is 3.10. The van der Waals surface area contributed by atoms with Crippen molar-refractivity contribution in [3.05, 3.63) is 46.9 Å². The molecule has 0 bridgehead atoms. The van der Waals surface area contributed by atoms with E-state index in [0.717, 1.165) is 5.56 Å². The highest BCUT2D eigenvalue weighted by Gasteiger charge is 2.31. The van der Waals surface area contributed by atoms with Crippen LogP contribution in [0.5, 0.6) is 0 Å². The van der Waals surface area contributed by atoms with Crippen molar-refractivity contribution in [2.75, 3.05) is 0 Å². The van der Waals surface area contributed by atoms with Gasteiger partial charge in [0.1, 0.15) is 0 Å². The summed E-state index contributed by atoms with van der Waals surface area (Å²) in [7, 11) is 0. The maximum atomic E-state index is 11.8. The van der Waals surface area contributed by atoms with E-state index < -0.39 is 0 Å². The molecule has 0 radical (unpaired) electrons. The number of nitrogens with one attached hydrogen (secondary N) is 1. The van der Waals surface area contributed by atoms with Crippen LogP contribution in [-0.4, -0.2) is 16.0 Å². The predicted molar refractivity (Wildman–Crippen MR) is 66.1 cm³/mol. The highest BCUT2D eigenvalue weighted by Crippen LogP contribution is 2.30. The maximum absolute atomic E-state index is 11.8. The van der Waals surface area contributed by atoms with Crippen molar-refractivity contribution in [2.24, 2.45) is 0 Å². The summed E-state index contributed by atoms with van der Waals surface area (Å²) in [6.07, 6.45) is 1.76. The van der Waals surface area contributed by atoms with Gasteiger partial charge in [-0.3, -0.25) is 15.1 Å². The second-order valence-electron chi connectivity index (χ2n) is 3.44. The Morgan fingerprint density at radius 1 is 1.38 bits per heavy atom. The van der Waals surface area contributed by atoms with E-state index in [-0.39, 0.29) is 5.91 Å². The van der Waals surface area contributed by atoms with Gasteiger partial charge in [0.25, 0.3) is 5.91 Å². The van der Waals surface area contributed by atoms with Gasteiger partial charge in [0, 0.05) is 0 Å². The molecular formula is C12H12N2OS. The molecule has 1 aliphatic heterocycles. The van der Waals surface area contributed by atoms with Crippen molar-refractivity contribution in [1.82, 2.24) is 4.90 Å². The lowest BCUT2D eigenvalue weighted by molar-refractivity contribution is -0.122. The first-order chi connectivity index (χ1) is 7.72. The molecule has 1 aliphatic rings. The van der Waals surface area contributed by atoms with E-state index in [1.807, 2.05) is 37.3 Å². The fraction of sp³-hybridized carbons (Fsp3) is 0.167. The van der Waals surface area contributed by atoms with Crippen LogP contribution in [0.1, 0.15) is 12.5 Å². The Labute approximate surface area is 98.7 Å². The van der Waals surface area contributed by atoms with Crippen LogP contribution in [0.15, 0.2) is 41.3 Å². The highest BCUT2D eigenvalue weighted by molar-refractivity contribution is 8.18. The maximum Gasteiger partial charge on any atom is 0.266 e. The second-order valence-corrected chi connectivity index (χ2v) is 4.47. The average molecular weight is 232 g/mol. The average Bonchev–Trinajstić information content (AvgIpc) is 2.58. The molecule has 1 fully saturated rings. The van der Waals surface area contributed by atoms with Gasteiger partial charge in [-0.2, -0.15) is 0 Å². The minimum absolute atomic E-state index is 0.0682. The molecule has 0 atom stereocenters. The Morgan fingerprint density at radius 2 is 2.06 bits per heavy atom. The zero-order chi connectivity index (χ0) is 11.5. The van der Waals surface area contributed by atoms with Crippen molar-refractivity contribution >= 4 is 22.8 Å². The van der Waals surface area contributed by atoms with Gasteiger partial charge >= 0.3 is 0 Å². The van der Waals surface area contributed by atoms with Crippen molar-refractivity contribution in [3.8, 4) is 0 Å². The summed E-state index contributed by atoms with van der Waals surface area (Å²) in [5.74, 6) is -0.0682. The van der Waals surface area contributed by atoms with Gasteiger partial charge in [-0.25, -0.2) is 0 Å². The summed E-state index contributed by atoms with van der Waals surface area (Å²) in [6, 6.07) is 9.72. The molecular weight excluding hydrogens is 220 g/mol. The van der Waals surface area contributed by atoms with Gasteiger partial charge in [0.15, 0.2) is 5.17 Å².